The van der Waals surface area contributed by atoms with Crippen LogP contribution >= 0.6 is 0 Å². The summed E-state index contributed by atoms with van der Waals surface area (Å²) < 4.78 is 29.8. The number of sulfone groups is 1. The van der Waals surface area contributed by atoms with E-state index in [-0.39, 0.29) is 10.8 Å². The lowest BCUT2D eigenvalue weighted by Crippen LogP contribution is -2.66. The van der Waals surface area contributed by atoms with Gasteiger partial charge in [-0.3, -0.25) is 4.90 Å². The number of nitrogens with zero attached hydrogens (tertiary/aromatic N) is 1. The fourth-order valence-electron chi connectivity index (χ4n) is 3.89. The maximum atomic E-state index is 12.1. The minimum absolute atomic E-state index is 0.291. The minimum Gasteiger partial charge on any atom is -0.378 e. The van der Waals surface area contributed by atoms with Crippen LogP contribution in [0.25, 0.3) is 0 Å². The first-order chi connectivity index (χ1) is 8.95. The van der Waals surface area contributed by atoms with E-state index < -0.39 is 9.84 Å². The highest BCUT2D eigenvalue weighted by Crippen LogP contribution is 2.40. The smallest absolute Gasteiger partial charge is 0.152 e. The summed E-state index contributed by atoms with van der Waals surface area (Å²) in [7, 11) is -3.07. The number of ether oxygens (including phenoxy) is 1. The molecule has 0 spiro atoms. The van der Waals surface area contributed by atoms with Crippen molar-refractivity contribution in [2.45, 2.75) is 49.4 Å². The molecule has 1 aliphatic heterocycles. The third-order valence-electron chi connectivity index (χ3n) is 4.82. The summed E-state index contributed by atoms with van der Waals surface area (Å²) in [4.78, 5) is 2.34. The second-order valence-corrected chi connectivity index (χ2v) is 8.08. The lowest BCUT2D eigenvalue weighted by Gasteiger charge is -2.49. The van der Waals surface area contributed by atoms with Crippen LogP contribution in [0.15, 0.2) is 0 Å². The minimum atomic E-state index is -3.07. The van der Waals surface area contributed by atoms with Gasteiger partial charge in [0.05, 0.1) is 24.0 Å². The van der Waals surface area contributed by atoms with E-state index in [9.17, 15) is 8.42 Å². The topological polar surface area (TPSA) is 72.6 Å². The van der Waals surface area contributed by atoms with Crippen molar-refractivity contribution in [1.82, 2.24) is 4.90 Å². The largest absolute Gasteiger partial charge is 0.378 e. The second kappa shape index (κ2) is 5.68. The highest BCUT2D eigenvalue weighted by molar-refractivity contribution is 7.91. The van der Waals surface area contributed by atoms with Gasteiger partial charge in [0.15, 0.2) is 9.84 Å². The molecule has 112 valence electrons. The van der Waals surface area contributed by atoms with Gasteiger partial charge in [0.2, 0.25) is 0 Å². The SMILES string of the molecule is CCC1COCCN1C1(CN)CCCC1S(C)(=O)=O. The Morgan fingerprint density at radius 2 is 2.21 bits per heavy atom. The number of nitrogens with two attached hydrogens (primary N) is 1. The van der Waals surface area contributed by atoms with E-state index >= 15 is 0 Å². The van der Waals surface area contributed by atoms with Gasteiger partial charge in [-0.15, -0.1) is 0 Å². The molecule has 19 heavy (non-hydrogen) atoms. The quantitative estimate of drug-likeness (QED) is 0.811. The Bertz CT molecular complexity index is 412. The molecular formula is C13H26N2O3S. The number of morpholine rings is 1. The Morgan fingerprint density at radius 1 is 1.47 bits per heavy atom. The van der Waals surface area contributed by atoms with Crippen LogP contribution in [-0.2, 0) is 14.6 Å². The molecule has 1 heterocycles. The van der Waals surface area contributed by atoms with Gasteiger partial charge >= 0.3 is 0 Å². The molecule has 0 bridgehead atoms. The standard InChI is InChI=1S/C13H26N2O3S/c1-3-11-9-18-8-7-15(11)13(10-14)6-4-5-12(13)19(2,16)17/h11-12H,3-10,14H2,1-2H3. The Morgan fingerprint density at radius 3 is 2.79 bits per heavy atom. The van der Waals surface area contributed by atoms with Gasteiger partial charge in [-0.05, 0) is 19.3 Å². The normalized spacial score (nSPS) is 37.6. The van der Waals surface area contributed by atoms with Crippen LogP contribution in [0.5, 0.6) is 0 Å². The molecule has 5 nitrogen and oxygen atoms in total. The highest BCUT2D eigenvalue weighted by atomic mass is 32.2. The molecule has 2 aliphatic rings. The molecular weight excluding hydrogens is 264 g/mol. The van der Waals surface area contributed by atoms with Crippen molar-refractivity contribution in [3.05, 3.63) is 0 Å². The average molecular weight is 290 g/mol. The molecule has 2 rings (SSSR count). The van der Waals surface area contributed by atoms with Crippen molar-refractivity contribution in [3.63, 3.8) is 0 Å². The Labute approximate surface area is 116 Å². The summed E-state index contributed by atoms with van der Waals surface area (Å²) in [6, 6.07) is 0.291. The van der Waals surface area contributed by atoms with Crippen LogP contribution in [-0.4, -0.2) is 62.7 Å². The lowest BCUT2D eigenvalue weighted by molar-refractivity contribution is -0.0609. The lowest BCUT2D eigenvalue weighted by atomic mass is 9.91. The molecule has 2 N–H and O–H groups in total. The van der Waals surface area contributed by atoms with Crippen molar-refractivity contribution in [2.75, 3.05) is 32.6 Å². The van der Waals surface area contributed by atoms with Crippen LogP contribution in [0.4, 0.5) is 0 Å². The molecule has 0 radical (unpaired) electrons. The van der Waals surface area contributed by atoms with E-state index in [1.165, 1.54) is 6.26 Å². The molecule has 6 heteroatoms. The highest BCUT2D eigenvalue weighted by Gasteiger charge is 2.52. The number of rotatable bonds is 4. The van der Waals surface area contributed by atoms with E-state index in [1.54, 1.807) is 0 Å². The van der Waals surface area contributed by atoms with E-state index in [0.717, 1.165) is 32.2 Å². The molecule has 0 aromatic rings. The monoisotopic (exact) mass is 290 g/mol. The van der Waals surface area contributed by atoms with E-state index in [1.807, 2.05) is 0 Å². The van der Waals surface area contributed by atoms with Crippen molar-refractivity contribution in [1.29, 1.82) is 0 Å². The van der Waals surface area contributed by atoms with Crippen molar-refractivity contribution in [3.8, 4) is 0 Å². The third kappa shape index (κ3) is 2.68. The van der Waals surface area contributed by atoms with Gasteiger partial charge in [-0.25, -0.2) is 8.42 Å². The first kappa shape index (κ1) is 15.2. The molecule has 0 amide bonds. The summed E-state index contributed by atoms with van der Waals surface area (Å²) in [5, 5.41) is -0.322. The van der Waals surface area contributed by atoms with E-state index in [2.05, 4.69) is 11.8 Å². The maximum Gasteiger partial charge on any atom is 0.152 e. The van der Waals surface area contributed by atoms with Crippen LogP contribution in [0.3, 0.4) is 0 Å². The summed E-state index contributed by atoms with van der Waals surface area (Å²) in [5.74, 6) is 0. The first-order valence-electron chi connectivity index (χ1n) is 7.19. The third-order valence-corrected chi connectivity index (χ3v) is 6.52. The molecule has 1 saturated heterocycles. The zero-order chi connectivity index (χ0) is 14.1. The summed E-state index contributed by atoms with van der Waals surface area (Å²) in [6.45, 7) is 4.70. The van der Waals surface area contributed by atoms with Crippen molar-refractivity contribution < 1.29 is 13.2 Å². The number of hydrogen-bond acceptors (Lipinski definition) is 5. The van der Waals surface area contributed by atoms with Crippen LogP contribution in [0.2, 0.25) is 0 Å². The van der Waals surface area contributed by atoms with Crippen LogP contribution in [0.1, 0.15) is 32.6 Å². The predicted molar refractivity (Wildman–Crippen MR) is 75.9 cm³/mol. The Kier molecular flexibility index (Phi) is 4.55. The summed E-state index contributed by atoms with van der Waals surface area (Å²) >= 11 is 0. The molecule has 3 atom stereocenters. The molecule has 0 aromatic heterocycles. The van der Waals surface area contributed by atoms with Crippen LogP contribution < -0.4 is 5.73 Å². The summed E-state index contributed by atoms with van der Waals surface area (Å²) in [5.41, 5.74) is 5.68. The van der Waals surface area contributed by atoms with Crippen molar-refractivity contribution >= 4 is 9.84 Å². The molecule has 2 fully saturated rings. The number of hydrogen-bond donors (Lipinski definition) is 1. The zero-order valence-electron chi connectivity index (χ0n) is 12.0. The van der Waals surface area contributed by atoms with Gasteiger partial charge in [0.1, 0.15) is 0 Å². The van der Waals surface area contributed by atoms with Gasteiger partial charge in [0, 0.05) is 25.4 Å². The molecule has 3 unspecified atom stereocenters. The predicted octanol–water partition coefficient (Wildman–Crippen LogP) is 0.392. The fourth-order valence-corrected chi connectivity index (χ4v) is 5.64. The Hall–Kier alpha value is -0.170. The Balaban J connectivity index is 2.35. The van der Waals surface area contributed by atoms with Crippen molar-refractivity contribution in [2.24, 2.45) is 5.73 Å². The van der Waals surface area contributed by atoms with Crippen LogP contribution in [0, 0.1) is 0 Å². The molecule has 0 aromatic carbocycles. The van der Waals surface area contributed by atoms with Gasteiger partial charge in [-0.2, -0.15) is 0 Å². The van der Waals surface area contributed by atoms with E-state index in [0.29, 0.717) is 25.8 Å². The maximum absolute atomic E-state index is 12.1. The van der Waals surface area contributed by atoms with Gasteiger partial charge < -0.3 is 10.5 Å². The first-order valence-corrected chi connectivity index (χ1v) is 9.14. The second-order valence-electron chi connectivity index (χ2n) is 5.85. The average Bonchev–Trinajstić information content (AvgIpc) is 2.83. The fraction of sp³-hybridized carbons (Fsp3) is 1.00. The molecule has 1 aliphatic carbocycles. The van der Waals surface area contributed by atoms with Gasteiger partial charge in [0.25, 0.3) is 0 Å². The molecule has 1 saturated carbocycles. The van der Waals surface area contributed by atoms with E-state index in [4.69, 9.17) is 10.5 Å². The zero-order valence-corrected chi connectivity index (χ0v) is 12.8. The summed E-state index contributed by atoms with van der Waals surface area (Å²) in [6.07, 6.45) is 4.90. The van der Waals surface area contributed by atoms with Gasteiger partial charge in [-0.1, -0.05) is 13.3 Å².